The van der Waals surface area contributed by atoms with E-state index in [1.54, 1.807) is 0 Å². The number of hydrogen-bond donors (Lipinski definition) is 1. The Labute approximate surface area is 248 Å². The molecule has 1 N–H and O–H groups in total. The first-order valence-electron chi connectivity index (χ1n) is 14.8. The molecule has 224 valence electrons. The van der Waals surface area contributed by atoms with Crippen molar-refractivity contribution in [2.45, 2.75) is 50.4 Å². The first-order valence-corrected chi connectivity index (χ1v) is 14.8. The Morgan fingerprint density at radius 2 is 2.07 bits per heavy atom. The molecule has 43 heavy (non-hydrogen) atoms. The Bertz CT molecular complexity index is 1640. The van der Waals surface area contributed by atoms with E-state index in [1.807, 2.05) is 0 Å². The molecule has 4 aliphatic rings. The summed E-state index contributed by atoms with van der Waals surface area (Å²) in [4.78, 5) is 29.1. The number of phenolic OH excluding ortho intramolecular Hbond substituents is 1. The molecule has 3 saturated heterocycles. The lowest BCUT2D eigenvalue weighted by molar-refractivity contribution is -0.118. The van der Waals surface area contributed by atoms with Gasteiger partial charge in [0.15, 0.2) is 0 Å². The van der Waals surface area contributed by atoms with E-state index < -0.39 is 12.0 Å². The number of amides is 1. The van der Waals surface area contributed by atoms with Gasteiger partial charge >= 0.3 is 6.01 Å². The van der Waals surface area contributed by atoms with E-state index in [2.05, 4.69) is 15.7 Å². The lowest BCUT2D eigenvalue weighted by atomic mass is 9.95. The predicted molar refractivity (Wildman–Crippen MR) is 157 cm³/mol. The Morgan fingerprint density at radius 1 is 1.19 bits per heavy atom. The first-order chi connectivity index (χ1) is 20.8. The number of hydrogen-bond acceptors (Lipinski definition) is 8. The van der Waals surface area contributed by atoms with Crippen molar-refractivity contribution in [2.75, 3.05) is 55.8 Å². The Kier molecular flexibility index (Phi) is 7.06. The zero-order valence-electron chi connectivity index (χ0n) is 23.8. The van der Waals surface area contributed by atoms with Crippen LogP contribution in [-0.4, -0.2) is 83.6 Å². The number of rotatable bonds is 5. The summed E-state index contributed by atoms with van der Waals surface area (Å²) in [6, 6.07) is 5.88. The molecule has 3 fully saturated rings. The van der Waals surface area contributed by atoms with E-state index in [-0.39, 0.29) is 48.3 Å². The minimum absolute atomic E-state index is 0.00139. The van der Waals surface area contributed by atoms with Crippen LogP contribution in [-0.2, 0) is 22.5 Å². The average molecular weight is 590 g/mol. The minimum atomic E-state index is -0.879. The lowest BCUT2D eigenvalue weighted by Crippen LogP contribution is -2.44. The summed E-state index contributed by atoms with van der Waals surface area (Å²) >= 11 is 0. The van der Waals surface area contributed by atoms with Crippen LogP contribution in [0, 0.1) is 18.2 Å². The second-order valence-electron chi connectivity index (χ2n) is 11.9. The molecule has 2 unspecified atom stereocenters. The molecule has 0 radical (unpaired) electrons. The maximum absolute atomic E-state index is 14.8. The molecule has 4 aliphatic heterocycles. The fourth-order valence-electron chi connectivity index (χ4n) is 7.20. The normalized spacial score (nSPS) is 24.1. The van der Waals surface area contributed by atoms with Gasteiger partial charge in [-0.15, -0.1) is 6.42 Å². The zero-order chi connectivity index (χ0) is 29.7. The lowest BCUT2D eigenvalue weighted by Gasteiger charge is -2.33. The molecule has 0 bridgehead atoms. The number of benzene rings is 2. The summed E-state index contributed by atoms with van der Waals surface area (Å²) in [6.45, 7) is 4.06. The SMILES string of the molecule is C#Cc1c(F)ccc2cc(O)cc(N3Cc4nc(OCC56CCCN5CC(F)C6)nc(N5CCCOCC5)c4CC3=O)c12. The maximum Gasteiger partial charge on any atom is 0.318 e. The molecule has 2 atom stereocenters. The smallest absolute Gasteiger partial charge is 0.318 e. The van der Waals surface area contributed by atoms with Crippen LogP contribution in [0.1, 0.15) is 42.5 Å². The summed E-state index contributed by atoms with van der Waals surface area (Å²) in [5.74, 6) is 2.13. The number of nitrogens with zero attached hydrogens (tertiary/aromatic N) is 5. The number of fused-ring (bicyclic) bond motifs is 3. The van der Waals surface area contributed by atoms with E-state index in [4.69, 9.17) is 25.9 Å². The van der Waals surface area contributed by atoms with Gasteiger partial charge in [-0.05, 0) is 43.3 Å². The number of aromatic hydroxyl groups is 1. The van der Waals surface area contributed by atoms with Crippen molar-refractivity contribution >= 4 is 28.2 Å². The van der Waals surface area contributed by atoms with Gasteiger partial charge in [0.1, 0.15) is 30.2 Å². The van der Waals surface area contributed by atoms with Gasteiger partial charge in [-0.2, -0.15) is 9.97 Å². The number of carbonyl (C=O) groups excluding carboxylic acids is 1. The third-order valence-corrected chi connectivity index (χ3v) is 9.21. The van der Waals surface area contributed by atoms with Gasteiger partial charge in [0.25, 0.3) is 0 Å². The Morgan fingerprint density at radius 3 is 2.93 bits per heavy atom. The fraction of sp³-hybridized carbons (Fsp3) is 0.469. The standard InChI is InChI=1S/C32H33F2N5O4/c1-2-23-25(34)6-5-20-13-22(40)14-27(29(20)23)39-18-26-24(15-28(39)41)30(37-8-4-11-42-12-10-37)36-31(35-26)43-19-32-7-3-9-38(32)17-21(33)16-32/h1,5-6,13-14,21,40H,3-4,7-12,15-19H2. The maximum atomic E-state index is 14.8. The molecule has 0 spiro atoms. The van der Waals surface area contributed by atoms with Crippen molar-refractivity contribution in [3.8, 4) is 24.1 Å². The highest BCUT2D eigenvalue weighted by atomic mass is 19.1. The molecular weight excluding hydrogens is 556 g/mol. The monoisotopic (exact) mass is 589 g/mol. The average Bonchev–Trinajstić information content (AvgIpc) is 3.37. The zero-order valence-corrected chi connectivity index (χ0v) is 23.8. The summed E-state index contributed by atoms with van der Waals surface area (Å²) in [5.41, 5.74) is 1.26. The number of anilines is 2. The molecule has 1 aromatic heterocycles. The van der Waals surface area contributed by atoms with Gasteiger partial charge in [0.05, 0.1) is 42.1 Å². The van der Waals surface area contributed by atoms with Gasteiger partial charge in [-0.3, -0.25) is 9.69 Å². The van der Waals surface area contributed by atoms with Crippen molar-refractivity contribution in [2.24, 2.45) is 0 Å². The highest BCUT2D eigenvalue weighted by Gasteiger charge is 2.49. The molecule has 7 rings (SSSR count). The third-order valence-electron chi connectivity index (χ3n) is 9.21. The van der Waals surface area contributed by atoms with Crippen LogP contribution in [0.5, 0.6) is 11.8 Å². The van der Waals surface area contributed by atoms with E-state index in [0.717, 1.165) is 25.8 Å². The number of aromatic nitrogens is 2. The van der Waals surface area contributed by atoms with Crippen molar-refractivity contribution in [1.29, 1.82) is 0 Å². The predicted octanol–water partition coefficient (Wildman–Crippen LogP) is 3.73. The van der Waals surface area contributed by atoms with Crippen LogP contribution in [0.3, 0.4) is 0 Å². The molecule has 0 aliphatic carbocycles. The van der Waals surface area contributed by atoms with E-state index >= 15 is 0 Å². The van der Waals surface area contributed by atoms with Crippen LogP contribution in [0.15, 0.2) is 24.3 Å². The van der Waals surface area contributed by atoms with Crippen LogP contribution in [0.2, 0.25) is 0 Å². The third kappa shape index (κ3) is 4.92. The molecule has 11 heteroatoms. The topological polar surface area (TPSA) is 91.3 Å². The molecule has 0 saturated carbocycles. The van der Waals surface area contributed by atoms with Gasteiger partial charge in [-0.1, -0.05) is 12.0 Å². The number of terminal acetylenes is 1. The van der Waals surface area contributed by atoms with Crippen molar-refractivity contribution in [3.63, 3.8) is 0 Å². The van der Waals surface area contributed by atoms with Crippen molar-refractivity contribution in [3.05, 3.63) is 46.9 Å². The molecule has 9 nitrogen and oxygen atoms in total. The fourth-order valence-corrected chi connectivity index (χ4v) is 7.20. The largest absolute Gasteiger partial charge is 0.508 e. The van der Waals surface area contributed by atoms with Crippen LogP contribution in [0.4, 0.5) is 20.3 Å². The number of halogens is 2. The highest BCUT2D eigenvalue weighted by Crippen LogP contribution is 2.41. The number of carbonyl (C=O) groups is 1. The van der Waals surface area contributed by atoms with E-state index in [1.165, 1.54) is 29.2 Å². The van der Waals surface area contributed by atoms with Gasteiger partial charge in [0, 0.05) is 49.7 Å². The van der Waals surface area contributed by atoms with Crippen LogP contribution in [0.25, 0.3) is 10.8 Å². The Balaban J connectivity index is 1.29. The van der Waals surface area contributed by atoms with Crippen molar-refractivity contribution < 1.29 is 28.2 Å². The number of alkyl halides is 1. The second-order valence-corrected chi connectivity index (χ2v) is 11.9. The first kappa shape index (κ1) is 27.8. The Hall–Kier alpha value is -4.01. The summed E-state index contributed by atoms with van der Waals surface area (Å²) in [5, 5.41) is 11.4. The second kappa shape index (κ2) is 10.9. The van der Waals surface area contributed by atoms with Gasteiger partial charge in [0.2, 0.25) is 5.91 Å². The van der Waals surface area contributed by atoms with Gasteiger partial charge < -0.3 is 24.4 Å². The number of phenols is 1. The molecule has 1 amide bonds. The molecule has 5 heterocycles. The van der Waals surface area contributed by atoms with Gasteiger partial charge in [-0.25, -0.2) is 8.78 Å². The molecular formula is C32H33F2N5O4. The van der Waals surface area contributed by atoms with Crippen LogP contribution < -0.4 is 14.5 Å². The van der Waals surface area contributed by atoms with Crippen LogP contribution >= 0.6 is 0 Å². The summed E-state index contributed by atoms with van der Waals surface area (Å²) in [6.07, 6.45) is 7.90. The summed E-state index contributed by atoms with van der Waals surface area (Å²) in [7, 11) is 0. The quantitative estimate of drug-likeness (QED) is 0.451. The van der Waals surface area contributed by atoms with Crippen molar-refractivity contribution in [1.82, 2.24) is 14.9 Å². The van der Waals surface area contributed by atoms with E-state index in [0.29, 0.717) is 72.8 Å². The highest BCUT2D eigenvalue weighted by molar-refractivity contribution is 6.08. The molecule has 3 aromatic rings. The summed E-state index contributed by atoms with van der Waals surface area (Å²) < 4.78 is 41.1. The van der Waals surface area contributed by atoms with E-state index in [9.17, 15) is 18.7 Å². The minimum Gasteiger partial charge on any atom is -0.508 e. The number of ether oxygens (including phenoxy) is 2. The molecule has 2 aromatic carbocycles.